The summed E-state index contributed by atoms with van der Waals surface area (Å²) in [6.07, 6.45) is 16.5. The Morgan fingerprint density at radius 3 is 1.56 bits per heavy atom. The van der Waals surface area contributed by atoms with E-state index in [0.717, 1.165) is 38.5 Å². The van der Waals surface area contributed by atoms with Crippen molar-refractivity contribution in [3.8, 4) is 0 Å². The fraction of sp³-hybridized carbons (Fsp3) is 1.00. The molecule has 2 atom stereocenters. The standard InChI is InChI=1S/C21H44O4S.K/c1-3-5-7-8-9-10-11-12-13-15-17-21(26(23,24)25)19-18-20(22)16-14-6-4-2;/h20-22H,3-19H2,1-2H3,(H,23,24,25);/q;+1/p-1. The molecule has 158 valence electrons. The topological polar surface area (TPSA) is 77.4 Å². The first-order valence-electron chi connectivity index (χ1n) is 11.0. The summed E-state index contributed by atoms with van der Waals surface area (Å²) in [4.78, 5) is 0. The smallest absolute Gasteiger partial charge is 0.748 e. The third-order valence-corrected chi connectivity index (χ3v) is 6.54. The molecule has 4 nitrogen and oxygen atoms in total. The van der Waals surface area contributed by atoms with E-state index in [-0.39, 0.29) is 51.4 Å². The van der Waals surface area contributed by atoms with Crippen molar-refractivity contribution in [3.05, 3.63) is 0 Å². The molecule has 0 aliphatic rings. The molecule has 0 rings (SSSR count). The van der Waals surface area contributed by atoms with Gasteiger partial charge >= 0.3 is 51.4 Å². The monoisotopic (exact) mass is 430 g/mol. The van der Waals surface area contributed by atoms with Crippen LogP contribution in [0.1, 0.15) is 123 Å². The number of rotatable bonds is 19. The molecule has 0 spiro atoms. The summed E-state index contributed by atoms with van der Waals surface area (Å²) in [5.41, 5.74) is 0. The van der Waals surface area contributed by atoms with Gasteiger partial charge in [0.05, 0.1) is 16.2 Å². The van der Waals surface area contributed by atoms with Crippen LogP contribution in [0.4, 0.5) is 0 Å². The Morgan fingerprint density at radius 1 is 0.667 bits per heavy atom. The van der Waals surface area contributed by atoms with Gasteiger partial charge in [-0.3, -0.25) is 0 Å². The molecule has 27 heavy (non-hydrogen) atoms. The minimum atomic E-state index is -4.26. The molecule has 1 N–H and O–H groups in total. The molecule has 0 aromatic carbocycles. The van der Waals surface area contributed by atoms with Gasteiger partial charge in [0.2, 0.25) is 0 Å². The molecular formula is C21H43KO4S. The maximum Gasteiger partial charge on any atom is 1.00 e. The van der Waals surface area contributed by atoms with Crippen molar-refractivity contribution in [1.82, 2.24) is 0 Å². The molecule has 0 aromatic heterocycles. The van der Waals surface area contributed by atoms with Crippen molar-refractivity contribution < 1.29 is 69.5 Å². The quantitative estimate of drug-likeness (QED) is 0.194. The number of hydrogen-bond acceptors (Lipinski definition) is 4. The molecule has 0 heterocycles. The summed E-state index contributed by atoms with van der Waals surface area (Å²) in [5, 5.41) is 9.12. The van der Waals surface area contributed by atoms with Gasteiger partial charge in [-0.15, -0.1) is 0 Å². The summed E-state index contributed by atoms with van der Waals surface area (Å²) in [7, 11) is -4.26. The molecular weight excluding hydrogens is 387 g/mol. The van der Waals surface area contributed by atoms with Gasteiger partial charge in [-0.2, -0.15) is 0 Å². The third kappa shape index (κ3) is 20.6. The van der Waals surface area contributed by atoms with E-state index in [1.165, 1.54) is 44.9 Å². The predicted octanol–water partition coefficient (Wildman–Crippen LogP) is 2.94. The van der Waals surface area contributed by atoms with Crippen LogP contribution < -0.4 is 51.4 Å². The average Bonchev–Trinajstić information content (AvgIpc) is 2.58. The van der Waals surface area contributed by atoms with Crippen LogP contribution in [0.5, 0.6) is 0 Å². The summed E-state index contributed by atoms with van der Waals surface area (Å²) < 4.78 is 34.4. The minimum absolute atomic E-state index is 0. The zero-order valence-corrected chi connectivity index (χ0v) is 22.2. The van der Waals surface area contributed by atoms with Gasteiger partial charge < -0.3 is 9.66 Å². The Balaban J connectivity index is 0. The van der Waals surface area contributed by atoms with Gasteiger partial charge in [0.25, 0.3) is 0 Å². The van der Waals surface area contributed by atoms with E-state index >= 15 is 0 Å². The van der Waals surface area contributed by atoms with Gasteiger partial charge in [0.15, 0.2) is 0 Å². The molecule has 0 fully saturated rings. The zero-order chi connectivity index (χ0) is 19.7. The molecule has 0 radical (unpaired) electrons. The maximum absolute atomic E-state index is 11.5. The van der Waals surface area contributed by atoms with Crippen molar-refractivity contribution in [2.45, 2.75) is 134 Å². The first kappa shape index (κ1) is 30.7. The fourth-order valence-corrected chi connectivity index (χ4v) is 4.33. The van der Waals surface area contributed by atoms with Crippen molar-refractivity contribution in [3.63, 3.8) is 0 Å². The van der Waals surface area contributed by atoms with Crippen LogP contribution in [-0.4, -0.2) is 29.4 Å². The SMILES string of the molecule is CCCCCCCCCCCCC(CCC(O)CCCCC)S(=O)(=O)[O-].[K+]. The van der Waals surface area contributed by atoms with Crippen LogP contribution in [0.3, 0.4) is 0 Å². The van der Waals surface area contributed by atoms with E-state index in [4.69, 9.17) is 0 Å². The zero-order valence-electron chi connectivity index (χ0n) is 18.3. The molecule has 0 saturated carbocycles. The van der Waals surface area contributed by atoms with Gasteiger partial charge in [-0.1, -0.05) is 97.3 Å². The molecule has 6 heteroatoms. The second kappa shape index (κ2) is 20.8. The fourth-order valence-electron chi connectivity index (χ4n) is 3.45. The number of aliphatic hydroxyl groups is 1. The molecule has 0 aromatic rings. The molecule has 2 unspecified atom stereocenters. The summed E-state index contributed by atoms with van der Waals surface area (Å²) in [6, 6.07) is 0. The van der Waals surface area contributed by atoms with Crippen molar-refractivity contribution >= 4 is 10.1 Å². The number of aliphatic hydroxyl groups excluding tert-OH is 1. The van der Waals surface area contributed by atoms with E-state index < -0.39 is 21.5 Å². The molecule has 0 aliphatic heterocycles. The van der Waals surface area contributed by atoms with Crippen LogP contribution in [0.15, 0.2) is 0 Å². The van der Waals surface area contributed by atoms with Crippen LogP contribution in [0.25, 0.3) is 0 Å². The second-order valence-corrected chi connectivity index (χ2v) is 9.46. The third-order valence-electron chi connectivity index (χ3n) is 5.25. The van der Waals surface area contributed by atoms with E-state index in [2.05, 4.69) is 13.8 Å². The van der Waals surface area contributed by atoms with Crippen LogP contribution in [0, 0.1) is 0 Å². The Morgan fingerprint density at radius 2 is 1.07 bits per heavy atom. The van der Waals surface area contributed by atoms with Gasteiger partial charge in [-0.05, 0) is 25.7 Å². The minimum Gasteiger partial charge on any atom is -0.748 e. The Bertz CT molecular complexity index is 401. The molecule has 0 aliphatic carbocycles. The van der Waals surface area contributed by atoms with E-state index in [0.29, 0.717) is 25.7 Å². The number of unbranched alkanes of at least 4 members (excludes halogenated alkanes) is 11. The molecule has 0 saturated heterocycles. The first-order chi connectivity index (χ1) is 12.4. The van der Waals surface area contributed by atoms with Crippen molar-refractivity contribution in [2.24, 2.45) is 0 Å². The average molecular weight is 431 g/mol. The van der Waals surface area contributed by atoms with E-state index in [1.54, 1.807) is 0 Å². The molecule has 0 bridgehead atoms. The van der Waals surface area contributed by atoms with Gasteiger partial charge in [0, 0.05) is 5.25 Å². The normalized spacial score (nSPS) is 13.9. The van der Waals surface area contributed by atoms with Crippen molar-refractivity contribution in [1.29, 1.82) is 0 Å². The summed E-state index contributed by atoms with van der Waals surface area (Å²) >= 11 is 0. The van der Waals surface area contributed by atoms with Gasteiger partial charge in [0.1, 0.15) is 0 Å². The molecule has 0 amide bonds. The summed E-state index contributed by atoms with van der Waals surface area (Å²) in [6.45, 7) is 4.33. The van der Waals surface area contributed by atoms with Crippen molar-refractivity contribution in [2.75, 3.05) is 0 Å². The predicted molar refractivity (Wildman–Crippen MR) is 109 cm³/mol. The van der Waals surface area contributed by atoms with Crippen LogP contribution >= 0.6 is 0 Å². The van der Waals surface area contributed by atoms with E-state index in [9.17, 15) is 18.1 Å². The second-order valence-electron chi connectivity index (χ2n) is 7.81. The Kier molecular flexibility index (Phi) is 23.6. The maximum atomic E-state index is 11.5. The number of hydrogen-bond donors (Lipinski definition) is 1. The Labute approximate surface area is 211 Å². The van der Waals surface area contributed by atoms with E-state index in [1.807, 2.05) is 0 Å². The van der Waals surface area contributed by atoms with Gasteiger partial charge in [-0.25, -0.2) is 8.42 Å². The van der Waals surface area contributed by atoms with Crippen LogP contribution in [0.2, 0.25) is 0 Å². The largest absolute Gasteiger partial charge is 1.00 e. The first-order valence-corrected chi connectivity index (χ1v) is 12.5. The Hall–Kier alpha value is 1.51. The summed E-state index contributed by atoms with van der Waals surface area (Å²) in [5.74, 6) is 0. The van der Waals surface area contributed by atoms with Crippen LogP contribution in [-0.2, 0) is 10.1 Å².